The van der Waals surface area contributed by atoms with Crippen molar-refractivity contribution < 1.29 is 14.7 Å². The normalized spacial score (nSPS) is 17.5. The predicted octanol–water partition coefficient (Wildman–Crippen LogP) is -0.387. The second kappa shape index (κ2) is 2.58. The molecule has 1 aliphatic rings. The highest BCUT2D eigenvalue weighted by Gasteiger charge is 2.11. The lowest BCUT2D eigenvalue weighted by Crippen LogP contribution is -2.12. The Bertz CT molecular complexity index is 235. The average molecular weight is 138 g/mol. The number of carbonyl (C=O) groups excluding carboxylic acids is 2. The third kappa shape index (κ3) is 1.19. The molecule has 3 heteroatoms. The number of carbonyl (C=O) groups is 2. The maximum absolute atomic E-state index is 10.6. The van der Waals surface area contributed by atoms with Gasteiger partial charge in [-0.05, 0) is 17.7 Å². The van der Waals surface area contributed by atoms with E-state index in [2.05, 4.69) is 0 Å². The van der Waals surface area contributed by atoms with E-state index in [1.807, 2.05) is 0 Å². The summed E-state index contributed by atoms with van der Waals surface area (Å²) in [5.74, 6) is -1.09. The van der Waals surface area contributed by atoms with Crippen molar-refractivity contribution in [2.24, 2.45) is 0 Å². The zero-order valence-electron chi connectivity index (χ0n) is 5.20. The third-order valence-electron chi connectivity index (χ3n) is 1.19. The quantitative estimate of drug-likeness (QED) is 0.396. The van der Waals surface area contributed by atoms with Crippen molar-refractivity contribution in [3.8, 4) is 0 Å². The molecule has 0 heterocycles. The van der Waals surface area contributed by atoms with Crippen LogP contribution in [0.1, 0.15) is 0 Å². The van der Waals surface area contributed by atoms with Crippen molar-refractivity contribution >= 4 is 11.6 Å². The van der Waals surface area contributed by atoms with Gasteiger partial charge in [0, 0.05) is 0 Å². The molecule has 1 rings (SSSR count). The van der Waals surface area contributed by atoms with Crippen LogP contribution in [0.4, 0.5) is 0 Å². The summed E-state index contributed by atoms with van der Waals surface area (Å²) in [4.78, 5) is 21.1. The van der Waals surface area contributed by atoms with Crippen molar-refractivity contribution in [2.45, 2.75) is 0 Å². The van der Waals surface area contributed by atoms with Gasteiger partial charge in [0.25, 0.3) is 0 Å². The fourth-order valence-electron chi connectivity index (χ4n) is 0.651. The fraction of sp³-hybridized carbons (Fsp3) is 0.143. The lowest BCUT2D eigenvalue weighted by atomic mass is 10.1. The molecule has 1 aliphatic carbocycles. The molecule has 0 saturated heterocycles. The molecule has 0 bridgehead atoms. The molecule has 3 nitrogen and oxygen atoms in total. The van der Waals surface area contributed by atoms with Crippen molar-refractivity contribution in [3.05, 3.63) is 23.8 Å². The van der Waals surface area contributed by atoms with E-state index < -0.39 is 11.6 Å². The predicted molar refractivity (Wildman–Crippen MR) is 34.3 cm³/mol. The second-order valence-electron chi connectivity index (χ2n) is 1.94. The minimum atomic E-state index is -0.563. The first-order valence-corrected chi connectivity index (χ1v) is 2.82. The van der Waals surface area contributed by atoms with Crippen LogP contribution in [0.5, 0.6) is 0 Å². The van der Waals surface area contributed by atoms with Crippen LogP contribution in [-0.2, 0) is 9.59 Å². The highest BCUT2D eigenvalue weighted by Crippen LogP contribution is 2.02. The van der Waals surface area contributed by atoms with E-state index in [1.54, 1.807) is 0 Å². The summed E-state index contributed by atoms with van der Waals surface area (Å²) < 4.78 is 0. The average Bonchev–Trinajstić information content (AvgIpc) is 1.95. The molecule has 52 valence electrons. The number of aliphatic hydroxyl groups excluding tert-OH is 1. The number of hydrogen-bond acceptors (Lipinski definition) is 3. The van der Waals surface area contributed by atoms with Crippen LogP contribution in [0, 0.1) is 0 Å². The zero-order chi connectivity index (χ0) is 7.56. The lowest BCUT2D eigenvalue weighted by Gasteiger charge is -1.99. The Labute approximate surface area is 57.7 Å². The zero-order valence-corrected chi connectivity index (χ0v) is 5.20. The molecule has 0 aromatic carbocycles. The van der Waals surface area contributed by atoms with Crippen LogP contribution < -0.4 is 0 Å². The van der Waals surface area contributed by atoms with Crippen LogP contribution in [0.15, 0.2) is 23.8 Å². The second-order valence-corrected chi connectivity index (χ2v) is 1.94. The molecule has 0 spiro atoms. The lowest BCUT2D eigenvalue weighted by molar-refractivity contribution is -0.131. The van der Waals surface area contributed by atoms with Gasteiger partial charge in [0.2, 0.25) is 11.6 Å². The molecule has 0 radical (unpaired) electrons. The number of allylic oxidation sites excluding steroid dienone is 2. The minimum absolute atomic E-state index is 0.199. The molecular formula is C7H6O3. The summed E-state index contributed by atoms with van der Waals surface area (Å²) in [5, 5.41) is 8.51. The molecule has 0 aromatic heterocycles. The summed E-state index contributed by atoms with van der Waals surface area (Å²) in [5.41, 5.74) is 0.476. The van der Waals surface area contributed by atoms with Crippen molar-refractivity contribution in [3.63, 3.8) is 0 Å². The molecular weight excluding hydrogens is 132 g/mol. The van der Waals surface area contributed by atoms with E-state index in [0.717, 1.165) is 12.2 Å². The number of aliphatic hydroxyl groups is 1. The molecule has 0 aromatic rings. The van der Waals surface area contributed by atoms with Gasteiger partial charge in [-0.25, -0.2) is 0 Å². The van der Waals surface area contributed by atoms with Crippen molar-refractivity contribution in [1.29, 1.82) is 0 Å². The maximum Gasteiger partial charge on any atom is 0.226 e. The monoisotopic (exact) mass is 138 g/mol. The highest BCUT2D eigenvalue weighted by atomic mass is 16.3. The van der Waals surface area contributed by atoms with Crippen LogP contribution in [0.3, 0.4) is 0 Å². The largest absolute Gasteiger partial charge is 0.392 e. The van der Waals surface area contributed by atoms with Crippen molar-refractivity contribution in [1.82, 2.24) is 0 Å². The Kier molecular flexibility index (Phi) is 1.78. The van der Waals surface area contributed by atoms with Gasteiger partial charge in [0.15, 0.2) is 0 Å². The molecule has 1 N–H and O–H groups in total. The fourth-order valence-corrected chi connectivity index (χ4v) is 0.651. The third-order valence-corrected chi connectivity index (χ3v) is 1.19. The molecule has 0 fully saturated rings. The molecule has 0 unspecified atom stereocenters. The first kappa shape index (κ1) is 6.89. The standard InChI is InChI=1S/C7H6O3/c8-4-5-1-2-6(9)7(10)3-5/h1-3,8H,4H2. The molecule has 0 amide bonds. The minimum Gasteiger partial charge on any atom is -0.392 e. The number of rotatable bonds is 1. The van der Waals surface area contributed by atoms with E-state index in [0.29, 0.717) is 5.57 Å². The Morgan fingerprint density at radius 2 is 1.90 bits per heavy atom. The molecule has 10 heavy (non-hydrogen) atoms. The van der Waals surface area contributed by atoms with E-state index in [-0.39, 0.29) is 6.61 Å². The van der Waals surface area contributed by atoms with Crippen LogP contribution in [0.2, 0.25) is 0 Å². The molecule has 0 saturated carbocycles. The summed E-state index contributed by atoms with van der Waals surface area (Å²) in [7, 11) is 0. The van der Waals surface area contributed by atoms with Crippen LogP contribution >= 0.6 is 0 Å². The van der Waals surface area contributed by atoms with Gasteiger partial charge in [0.1, 0.15) is 0 Å². The number of hydrogen-bond donors (Lipinski definition) is 1. The SMILES string of the molecule is O=C1C=CC(CO)=CC1=O. The molecule has 0 aliphatic heterocycles. The Balaban J connectivity index is 2.86. The van der Waals surface area contributed by atoms with E-state index in [1.165, 1.54) is 6.08 Å². The first-order valence-electron chi connectivity index (χ1n) is 2.82. The smallest absolute Gasteiger partial charge is 0.226 e. The van der Waals surface area contributed by atoms with Crippen LogP contribution in [-0.4, -0.2) is 23.3 Å². The summed E-state index contributed by atoms with van der Waals surface area (Å²) in [6.45, 7) is -0.199. The van der Waals surface area contributed by atoms with E-state index in [4.69, 9.17) is 5.11 Å². The van der Waals surface area contributed by atoms with Gasteiger partial charge >= 0.3 is 0 Å². The summed E-state index contributed by atoms with van der Waals surface area (Å²) in [6.07, 6.45) is 3.74. The molecule has 0 atom stereocenters. The maximum atomic E-state index is 10.6. The van der Waals surface area contributed by atoms with Gasteiger partial charge in [-0.2, -0.15) is 0 Å². The van der Waals surface area contributed by atoms with Crippen LogP contribution in [0.25, 0.3) is 0 Å². The number of ketones is 2. The Morgan fingerprint density at radius 1 is 1.20 bits per heavy atom. The highest BCUT2D eigenvalue weighted by molar-refractivity contribution is 6.46. The topological polar surface area (TPSA) is 54.4 Å². The van der Waals surface area contributed by atoms with Gasteiger partial charge in [-0.1, -0.05) is 6.08 Å². The Hall–Kier alpha value is -1.22. The van der Waals surface area contributed by atoms with Gasteiger partial charge < -0.3 is 5.11 Å². The summed E-state index contributed by atoms with van der Waals surface area (Å²) >= 11 is 0. The van der Waals surface area contributed by atoms with E-state index >= 15 is 0 Å². The Morgan fingerprint density at radius 3 is 2.40 bits per heavy atom. The van der Waals surface area contributed by atoms with Gasteiger partial charge in [0.05, 0.1) is 6.61 Å². The van der Waals surface area contributed by atoms with Gasteiger partial charge in [-0.3, -0.25) is 9.59 Å². The van der Waals surface area contributed by atoms with Gasteiger partial charge in [-0.15, -0.1) is 0 Å². The summed E-state index contributed by atoms with van der Waals surface area (Å²) in [6, 6.07) is 0. The van der Waals surface area contributed by atoms with Crippen molar-refractivity contribution in [2.75, 3.05) is 6.61 Å². The first-order chi connectivity index (χ1) is 4.74. The van der Waals surface area contributed by atoms with E-state index in [9.17, 15) is 9.59 Å².